The molecule has 0 spiro atoms. The molecular weight excluding hydrogens is 318 g/mol. The number of ether oxygens (including phenoxy) is 1. The lowest BCUT2D eigenvalue weighted by atomic mass is 9.96. The molecule has 0 aliphatic carbocycles. The van der Waals surface area contributed by atoms with Crippen molar-refractivity contribution in [3.05, 3.63) is 34.5 Å². The van der Waals surface area contributed by atoms with E-state index in [1.54, 1.807) is 23.1 Å². The zero-order chi connectivity index (χ0) is 16.6. The molecule has 2 heterocycles. The third-order valence-corrected chi connectivity index (χ3v) is 4.64. The van der Waals surface area contributed by atoms with E-state index in [0.717, 1.165) is 10.9 Å². The van der Waals surface area contributed by atoms with E-state index in [0.29, 0.717) is 42.3 Å². The number of carbonyl (C=O) groups excluding carboxylic acids is 2. The minimum absolute atomic E-state index is 0.125. The smallest absolute Gasteiger partial charge is 0.308 e. The maximum atomic E-state index is 12.7. The van der Waals surface area contributed by atoms with Crippen LogP contribution in [0.2, 0.25) is 5.02 Å². The Bertz CT molecular complexity index is 759. The number of aryl methyl sites for hydroxylation is 1. The highest BCUT2D eigenvalue weighted by Crippen LogP contribution is 2.29. The molecule has 1 aliphatic rings. The summed E-state index contributed by atoms with van der Waals surface area (Å²) in [6.45, 7) is 2.91. The Balaban J connectivity index is 1.79. The average Bonchev–Trinajstić information content (AvgIpc) is 2.90. The predicted molar refractivity (Wildman–Crippen MR) is 86.6 cm³/mol. The van der Waals surface area contributed by atoms with Crippen molar-refractivity contribution in [3.8, 4) is 0 Å². The van der Waals surface area contributed by atoms with Gasteiger partial charge < -0.3 is 14.1 Å². The van der Waals surface area contributed by atoms with Gasteiger partial charge in [0.1, 0.15) is 5.58 Å². The summed E-state index contributed by atoms with van der Waals surface area (Å²) in [7, 11) is 1.39. The Morgan fingerprint density at radius 2 is 2.00 bits per heavy atom. The first-order valence-electron chi connectivity index (χ1n) is 7.57. The number of hydrogen-bond donors (Lipinski definition) is 0. The van der Waals surface area contributed by atoms with Crippen molar-refractivity contribution < 1.29 is 18.7 Å². The van der Waals surface area contributed by atoms with Crippen molar-refractivity contribution in [2.24, 2.45) is 5.92 Å². The summed E-state index contributed by atoms with van der Waals surface area (Å²) in [5.41, 5.74) is 1.45. The molecule has 0 saturated carbocycles. The van der Waals surface area contributed by atoms with Gasteiger partial charge >= 0.3 is 5.97 Å². The van der Waals surface area contributed by atoms with E-state index in [4.69, 9.17) is 20.8 Å². The molecule has 0 N–H and O–H groups in total. The van der Waals surface area contributed by atoms with E-state index in [-0.39, 0.29) is 17.8 Å². The fourth-order valence-corrected chi connectivity index (χ4v) is 3.20. The van der Waals surface area contributed by atoms with Gasteiger partial charge in [0.25, 0.3) is 5.91 Å². The normalized spacial score (nSPS) is 15.9. The van der Waals surface area contributed by atoms with E-state index >= 15 is 0 Å². The lowest BCUT2D eigenvalue weighted by molar-refractivity contribution is -0.146. The molecule has 122 valence electrons. The lowest BCUT2D eigenvalue weighted by Crippen LogP contribution is -2.40. The third kappa shape index (κ3) is 2.93. The number of esters is 1. The van der Waals surface area contributed by atoms with Gasteiger partial charge in [0.05, 0.1) is 13.0 Å². The Kier molecular flexibility index (Phi) is 4.31. The summed E-state index contributed by atoms with van der Waals surface area (Å²) in [5.74, 6) is -0.122. The lowest BCUT2D eigenvalue weighted by Gasteiger charge is -2.30. The number of nitrogens with zero attached hydrogens (tertiary/aromatic N) is 1. The van der Waals surface area contributed by atoms with Crippen LogP contribution >= 0.6 is 11.6 Å². The first kappa shape index (κ1) is 15.9. The van der Waals surface area contributed by atoms with Crippen LogP contribution in [0.5, 0.6) is 0 Å². The molecule has 5 nitrogen and oxygen atoms in total. The maximum Gasteiger partial charge on any atom is 0.308 e. The second-order valence-corrected chi connectivity index (χ2v) is 6.22. The van der Waals surface area contributed by atoms with E-state index < -0.39 is 0 Å². The molecule has 23 heavy (non-hydrogen) atoms. The number of benzene rings is 1. The number of carbonyl (C=O) groups is 2. The van der Waals surface area contributed by atoms with Crippen molar-refractivity contribution in [3.63, 3.8) is 0 Å². The molecular formula is C17H18ClNO4. The second-order valence-electron chi connectivity index (χ2n) is 5.79. The van der Waals surface area contributed by atoms with Gasteiger partial charge in [-0.15, -0.1) is 0 Å². The monoisotopic (exact) mass is 335 g/mol. The van der Waals surface area contributed by atoms with Crippen molar-refractivity contribution in [1.29, 1.82) is 0 Å². The fraction of sp³-hybridized carbons (Fsp3) is 0.412. The zero-order valence-electron chi connectivity index (χ0n) is 13.1. The zero-order valence-corrected chi connectivity index (χ0v) is 13.9. The third-order valence-electron chi connectivity index (χ3n) is 4.41. The summed E-state index contributed by atoms with van der Waals surface area (Å²) in [6, 6.07) is 5.31. The number of hydrogen-bond acceptors (Lipinski definition) is 4. The van der Waals surface area contributed by atoms with Crippen LogP contribution in [-0.2, 0) is 9.53 Å². The van der Waals surface area contributed by atoms with Crippen LogP contribution in [0.1, 0.15) is 29.0 Å². The molecule has 1 fully saturated rings. The van der Waals surface area contributed by atoms with Gasteiger partial charge in [-0.25, -0.2) is 0 Å². The van der Waals surface area contributed by atoms with Crippen LogP contribution in [-0.4, -0.2) is 37.0 Å². The fourth-order valence-electron chi connectivity index (χ4n) is 3.03. The highest BCUT2D eigenvalue weighted by Gasteiger charge is 2.30. The minimum atomic E-state index is -0.202. The van der Waals surface area contributed by atoms with Crippen LogP contribution in [0.4, 0.5) is 0 Å². The standard InChI is InChI=1S/C17H18ClNO4/c1-10-13-9-12(18)3-4-14(13)23-15(10)16(20)19-7-5-11(6-8-19)17(21)22-2/h3-4,9,11H,5-8H2,1-2H3. The van der Waals surface area contributed by atoms with E-state index in [9.17, 15) is 9.59 Å². The van der Waals surface area contributed by atoms with Crippen LogP contribution in [0.3, 0.4) is 0 Å². The van der Waals surface area contributed by atoms with Gasteiger partial charge in [-0.3, -0.25) is 9.59 Å². The van der Waals surface area contributed by atoms with Gasteiger partial charge in [-0.2, -0.15) is 0 Å². The van der Waals surface area contributed by atoms with E-state index in [1.807, 2.05) is 6.92 Å². The molecule has 6 heteroatoms. The minimum Gasteiger partial charge on any atom is -0.469 e. The number of rotatable bonds is 2. The molecule has 1 aromatic heterocycles. The highest BCUT2D eigenvalue weighted by atomic mass is 35.5. The molecule has 1 aliphatic heterocycles. The van der Waals surface area contributed by atoms with Crippen LogP contribution in [0, 0.1) is 12.8 Å². The van der Waals surface area contributed by atoms with E-state index in [1.165, 1.54) is 7.11 Å². The number of amides is 1. The van der Waals surface area contributed by atoms with Gasteiger partial charge in [-0.05, 0) is 38.0 Å². The molecule has 0 bridgehead atoms. The summed E-state index contributed by atoms with van der Waals surface area (Å²) >= 11 is 6.01. The number of methoxy groups -OCH3 is 1. The first-order valence-corrected chi connectivity index (χ1v) is 7.95. The van der Waals surface area contributed by atoms with Crippen molar-refractivity contribution in [2.75, 3.05) is 20.2 Å². The number of halogens is 1. The summed E-state index contributed by atoms with van der Waals surface area (Å²) in [5, 5.41) is 1.46. The van der Waals surface area contributed by atoms with Gasteiger partial charge in [-0.1, -0.05) is 11.6 Å². The van der Waals surface area contributed by atoms with Gasteiger partial charge in [0.15, 0.2) is 5.76 Å². The quantitative estimate of drug-likeness (QED) is 0.789. The largest absolute Gasteiger partial charge is 0.469 e. The first-order chi connectivity index (χ1) is 11.0. The molecule has 1 aromatic carbocycles. The summed E-state index contributed by atoms with van der Waals surface area (Å²) in [6.07, 6.45) is 1.23. The SMILES string of the molecule is COC(=O)C1CCN(C(=O)c2oc3ccc(Cl)cc3c2C)CC1. The molecule has 0 radical (unpaired) electrons. The maximum absolute atomic E-state index is 12.7. The molecule has 1 saturated heterocycles. The molecule has 0 atom stereocenters. The van der Waals surface area contributed by atoms with Gasteiger partial charge in [0, 0.05) is 29.1 Å². The summed E-state index contributed by atoms with van der Waals surface area (Å²) < 4.78 is 10.5. The average molecular weight is 336 g/mol. The molecule has 1 amide bonds. The Labute approximate surface area is 139 Å². The van der Waals surface area contributed by atoms with Gasteiger partial charge in [0.2, 0.25) is 0 Å². The van der Waals surface area contributed by atoms with Crippen molar-refractivity contribution in [1.82, 2.24) is 4.90 Å². The van der Waals surface area contributed by atoms with Crippen LogP contribution < -0.4 is 0 Å². The number of piperidine rings is 1. The van der Waals surface area contributed by atoms with Crippen molar-refractivity contribution >= 4 is 34.4 Å². The Hall–Kier alpha value is -2.01. The summed E-state index contributed by atoms with van der Waals surface area (Å²) in [4.78, 5) is 26.0. The molecule has 0 unspecified atom stereocenters. The predicted octanol–water partition coefficient (Wildman–Crippen LogP) is 3.42. The number of fused-ring (bicyclic) bond motifs is 1. The van der Waals surface area contributed by atoms with E-state index in [2.05, 4.69) is 0 Å². The highest BCUT2D eigenvalue weighted by molar-refractivity contribution is 6.31. The Morgan fingerprint density at radius 1 is 1.30 bits per heavy atom. The molecule has 2 aromatic rings. The second kappa shape index (κ2) is 6.24. The Morgan fingerprint density at radius 3 is 2.65 bits per heavy atom. The number of furan rings is 1. The van der Waals surface area contributed by atoms with Crippen LogP contribution in [0.25, 0.3) is 11.0 Å². The van der Waals surface area contributed by atoms with Crippen LogP contribution in [0.15, 0.2) is 22.6 Å². The molecule has 3 rings (SSSR count). The number of likely N-dealkylation sites (tertiary alicyclic amines) is 1. The topological polar surface area (TPSA) is 59.8 Å². The van der Waals surface area contributed by atoms with Crippen molar-refractivity contribution in [2.45, 2.75) is 19.8 Å².